The van der Waals surface area contributed by atoms with E-state index in [1.807, 2.05) is 25.1 Å². The van der Waals surface area contributed by atoms with E-state index in [0.29, 0.717) is 17.0 Å². The third kappa shape index (κ3) is 1.55. The van der Waals surface area contributed by atoms with Gasteiger partial charge in [0, 0.05) is 11.3 Å². The van der Waals surface area contributed by atoms with Crippen LogP contribution < -0.4 is 11.5 Å². The van der Waals surface area contributed by atoms with Crippen LogP contribution in [0, 0.1) is 6.92 Å². The van der Waals surface area contributed by atoms with Crippen molar-refractivity contribution in [3.63, 3.8) is 0 Å². The molecule has 0 aliphatic carbocycles. The minimum atomic E-state index is 0.395. The molecule has 2 heterocycles. The number of benzene rings is 1. The number of rotatable bonds is 1. The van der Waals surface area contributed by atoms with Crippen LogP contribution in [0.5, 0.6) is 0 Å². The van der Waals surface area contributed by atoms with E-state index in [0.717, 1.165) is 22.6 Å². The van der Waals surface area contributed by atoms with Gasteiger partial charge in [-0.05, 0) is 30.7 Å². The van der Waals surface area contributed by atoms with Crippen molar-refractivity contribution < 1.29 is 0 Å². The van der Waals surface area contributed by atoms with Crippen LogP contribution in [0.15, 0.2) is 24.5 Å². The summed E-state index contributed by atoms with van der Waals surface area (Å²) < 4.78 is 0. The molecule has 0 aliphatic heterocycles. The molecule has 0 atom stereocenters. The molecule has 1 aromatic carbocycles. The van der Waals surface area contributed by atoms with Crippen LogP contribution in [-0.2, 0) is 0 Å². The van der Waals surface area contributed by atoms with Crippen molar-refractivity contribution in [1.29, 1.82) is 0 Å². The van der Waals surface area contributed by atoms with Crippen molar-refractivity contribution in [1.82, 2.24) is 19.9 Å². The van der Waals surface area contributed by atoms with Gasteiger partial charge in [-0.15, -0.1) is 0 Å². The quantitative estimate of drug-likeness (QED) is 0.559. The summed E-state index contributed by atoms with van der Waals surface area (Å²) in [5.74, 6) is 1.11. The number of fused-ring (bicyclic) bond motifs is 1. The lowest BCUT2D eigenvalue weighted by molar-refractivity contribution is 1.21. The van der Waals surface area contributed by atoms with Crippen LogP contribution in [0.3, 0.4) is 0 Å². The molecule has 2 aromatic heterocycles. The maximum Gasteiger partial charge on any atom is 0.183 e. The lowest BCUT2D eigenvalue weighted by Gasteiger charge is -2.02. The number of imidazole rings is 1. The highest BCUT2D eigenvalue weighted by molar-refractivity contribution is 5.84. The first-order chi connectivity index (χ1) is 8.65. The molecule has 6 heteroatoms. The Labute approximate surface area is 103 Å². The van der Waals surface area contributed by atoms with Crippen LogP contribution in [0.2, 0.25) is 0 Å². The summed E-state index contributed by atoms with van der Waals surface area (Å²) in [6, 6.07) is 5.66. The molecule has 0 aliphatic rings. The summed E-state index contributed by atoms with van der Waals surface area (Å²) >= 11 is 0. The number of anilines is 2. The lowest BCUT2D eigenvalue weighted by Crippen LogP contribution is -1.92. The third-order valence-corrected chi connectivity index (χ3v) is 2.82. The van der Waals surface area contributed by atoms with Gasteiger partial charge in [0.1, 0.15) is 17.7 Å². The zero-order valence-electron chi connectivity index (χ0n) is 9.81. The van der Waals surface area contributed by atoms with Crippen molar-refractivity contribution in [2.24, 2.45) is 0 Å². The van der Waals surface area contributed by atoms with Gasteiger partial charge in [0.2, 0.25) is 0 Å². The van der Waals surface area contributed by atoms with Gasteiger partial charge >= 0.3 is 0 Å². The van der Waals surface area contributed by atoms with Crippen molar-refractivity contribution in [2.45, 2.75) is 6.92 Å². The standard InChI is InChI=1S/C12H12N6/c1-6-4-7(13)2-3-8(6)11-17-9-10(14)15-5-16-12(9)18-11/h2-5H,13H2,1H3,(H3,14,15,16,17,18). The van der Waals surface area contributed by atoms with Crippen LogP contribution in [0.1, 0.15) is 5.56 Å². The highest BCUT2D eigenvalue weighted by Crippen LogP contribution is 2.25. The van der Waals surface area contributed by atoms with E-state index in [2.05, 4.69) is 19.9 Å². The molecule has 0 fully saturated rings. The molecule has 6 nitrogen and oxygen atoms in total. The minimum Gasteiger partial charge on any atom is -0.399 e. The molecule has 18 heavy (non-hydrogen) atoms. The third-order valence-electron chi connectivity index (χ3n) is 2.82. The molecule has 0 unspecified atom stereocenters. The lowest BCUT2D eigenvalue weighted by atomic mass is 10.1. The van der Waals surface area contributed by atoms with E-state index in [-0.39, 0.29) is 0 Å². The number of aromatic amines is 1. The molecular formula is C12H12N6. The number of aryl methyl sites for hydroxylation is 1. The average molecular weight is 240 g/mol. The molecule has 3 aromatic rings. The van der Waals surface area contributed by atoms with Crippen LogP contribution in [-0.4, -0.2) is 19.9 Å². The van der Waals surface area contributed by atoms with E-state index >= 15 is 0 Å². The largest absolute Gasteiger partial charge is 0.399 e. The van der Waals surface area contributed by atoms with Gasteiger partial charge in [0.25, 0.3) is 0 Å². The predicted octanol–water partition coefficient (Wildman–Crippen LogP) is 1.49. The zero-order valence-corrected chi connectivity index (χ0v) is 9.81. The smallest absolute Gasteiger partial charge is 0.183 e. The normalized spacial score (nSPS) is 10.9. The Bertz CT molecular complexity index is 731. The van der Waals surface area contributed by atoms with Crippen molar-refractivity contribution in [3.8, 4) is 11.4 Å². The fraction of sp³-hybridized carbons (Fsp3) is 0.0833. The Morgan fingerprint density at radius 1 is 1.17 bits per heavy atom. The van der Waals surface area contributed by atoms with E-state index in [9.17, 15) is 0 Å². The maximum atomic E-state index is 5.77. The van der Waals surface area contributed by atoms with Crippen molar-refractivity contribution in [3.05, 3.63) is 30.1 Å². The second-order valence-corrected chi connectivity index (χ2v) is 4.12. The van der Waals surface area contributed by atoms with E-state index in [1.54, 1.807) is 0 Å². The summed E-state index contributed by atoms with van der Waals surface area (Å²) in [6.45, 7) is 1.98. The Balaban J connectivity index is 2.23. The summed E-state index contributed by atoms with van der Waals surface area (Å²) in [5, 5.41) is 0. The van der Waals surface area contributed by atoms with Gasteiger partial charge in [-0.3, -0.25) is 0 Å². The molecule has 5 N–H and O–H groups in total. The highest BCUT2D eigenvalue weighted by atomic mass is 15.0. The SMILES string of the molecule is Cc1cc(N)ccc1-c1nc2ncnc(N)c2[nH]1. The Morgan fingerprint density at radius 3 is 2.72 bits per heavy atom. The zero-order chi connectivity index (χ0) is 12.7. The van der Waals surface area contributed by atoms with Gasteiger partial charge in [-0.25, -0.2) is 15.0 Å². The molecule has 3 rings (SSSR count). The van der Waals surface area contributed by atoms with Crippen molar-refractivity contribution >= 4 is 22.7 Å². The van der Waals surface area contributed by atoms with Gasteiger partial charge in [0.05, 0.1) is 0 Å². The number of H-pyrrole nitrogens is 1. The molecule has 0 radical (unpaired) electrons. The van der Waals surface area contributed by atoms with Crippen LogP contribution in [0.4, 0.5) is 11.5 Å². The average Bonchev–Trinajstić information content (AvgIpc) is 2.74. The fourth-order valence-corrected chi connectivity index (χ4v) is 1.93. The van der Waals surface area contributed by atoms with Crippen molar-refractivity contribution in [2.75, 3.05) is 11.5 Å². The molecule has 0 spiro atoms. The summed E-state index contributed by atoms with van der Waals surface area (Å²) in [7, 11) is 0. The highest BCUT2D eigenvalue weighted by Gasteiger charge is 2.10. The first-order valence-electron chi connectivity index (χ1n) is 5.48. The molecule has 0 bridgehead atoms. The fourth-order valence-electron chi connectivity index (χ4n) is 1.93. The number of nitrogens with one attached hydrogen (secondary N) is 1. The Morgan fingerprint density at radius 2 is 2.00 bits per heavy atom. The van der Waals surface area contributed by atoms with Gasteiger partial charge < -0.3 is 16.5 Å². The number of nitrogens with zero attached hydrogens (tertiary/aromatic N) is 3. The molecule has 90 valence electrons. The van der Waals surface area contributed by atoms with Gasteiger partial charge in [0.15, 0.2) is 11.5 Å². The van der Waals surface area contributed by atoms with Gasteiger partial charge in [-0.1, -0.05) is 0 Å². The number of nitrogens with two attached hydrogens (primary N) is 2. The second-order valence-electron chi connectivity index (χ2n) is 4.12. The van der Waals surface area contributed by atoms with E-state index in [4.69, 9.17) is 11.5 Å². The van der Waals surface area contributed by atoms with Crippen LogP contribution in [0.25, 0.3) is 22.6 Å². The number of nitrogen functional groups attached to an aromatic ring is 2. The Kier molecular flexibility index (Phi) is 2.16. The molecule has 0 saturated heterocycles. The van der Waals surface area contributed by atoms with Crippen LogP contribution >= 0.6 is 0 Å². The van der Waals surface area contributed by atoms with Gasteiger partial charge in [-0.2, -0.15) is 0 Å². The summed E-state index contributed by atoms with van der Waals surface area (Å²) in [6.07, 6.45) is 1.40. The topological polar surface area (TPSA) is 106 Å². The Hall–Kier alpha value is -2.63. The predicted molar refractivity (Wildman–Crippen MR) is 70.7 cm³/mol. The number of hydrogen-bond acceptors (Lipinski definition) is 5. The summed E-state index contributed by atoms with van der Waals surface area (Å²) in [5.41, 5.74) is 15.5. The molecule has 0 amide bonds. The first kappa shape index (κ1) is 10.5. The first-order valence-corrected chi connectivity index (χ1v) is 5.48. The maximum absolute atomic E-state index is 5.77. The number of hydrogen-bond donors (Lipinski definition) is 3. The van der Waals surface area contributed by atoms with E-state index < -0.39 is 0 Å². The second kappa shape index (κ2) is 3.69. The molecule has 0 saturated carbocycles. The molecular weight excluding hydrogens is 228 g/mol. The minimum absolute atomic E-state index is 0.395. The monoisotopic (exact) mass is 240 g/mol. The summed E-state index contributed by atoms with van der Waals surface area (Å²) in [4.78, 5) is 15.5. The number of aromatic nitrogens is 4. The van der Waals surface area contributed by atoms with E-state index in [1.165, 1.54) is 6.33 Å².